The van der Waals surface area contributed by atoms with Gasteiger partial charge in [-0.05, 0) is 81.6 Å². The standard InChI is InChI=1S/C15H26BNO2.C10H11F3N4/c1-14(2)8-13(6-7-19-14)15(16,18)17-9-11-4-3-5-12(11)10-17;11-10(12,13)9-6(2-1-5-17-9)7(14)3-4-8(15)16/h11-13,18H,3-10H2,1-2H3;1-5H,14-16H2/b;7-3-. The van der Waals surface area contributed by atoms with Crippen LogP contribution in [0.4, 0.5) is 13.2 Å². The van der Waals surface area contributed by atoms with Gasteiger partial charge in [-0.1, -0.05) is 6.42 Å². The minimum Gasteiger partial charge on any atom is -0.398 e. The molecule has 7 N–H and O–H groups in total. The van der Waals surface area contributed by atoms with Crippen LogP contribution < -0.4 is 17.2 Å². The molecule has 7 nitrogen and oxygen atoms in total. The van der Waals surface area contributed by atoms with E-state index in [0.29, 0.717) is 6.61 Å². The summed E-state index contributed by atoms with van der Waals surface area (Å²) >= 11 is 0. The van der Waals surface area contributed by atoms with E-state index in [9.17, 15) is 18.3 Å². The van der Waals surface area contributed by atoms with Crippen LogP contribution in [0.1, 0.15) is 57.2 Å². The van der Waals surface area contributed by atoms with Gasteiger partial charge >= 0.3 is 6.18 Å². The van der Waals surface area contributed by atoms with Crippen molar-refractivity contribution < 1.29 is 23.0 Å². The second kappa shape index (κ2) is 11.0. The predicted molar refractivity (Wildman–Crippen MR) is 134 cm³/mol. The maximum atomic E-state index is 12.6. The van der Waals surface area contributed by atoms with E-state index in [1.54, 1.807) is 0 Å². The van der Waals surface area contributed by atoms with Gasteiger partial charge in [-0.3, -0.25) is 9.88 Å². The minimum absolute atomic E-state index is 0.0506. The van der Waals surface area contributed by atoms with E-state index in [4.69, 9.17) is 29.8 Å². The molecule has 4 unspecified atom stereocenters. The summed E-state index contributed by atoms with van der Waals surface area (Å²) in [5.41, 5.74) is 13.1. The molecule has 0 aromatic carbocycles. The summed E-state index contributed by atoms with van der Waals surface area (Å²) in [6.45, 7) is 6.85. The van der Waals surface area contributed by atoms with Crippen molar-refractivity contribution in [2.75, 3.05) is 19.7 Å². The first-order chi connectivity index (χ1) is 16.7. The Morgan fingerprint density at radius 3 is 2.36 bits per heavy atom. The first-order valence-electron chi connectivity index (χ1n) is 12.3. The van der Waals surface area contributed by atoms with Gasteiger partial charge in [0.25, 0.3) is 0 Å². The van der Waals surface area contributed by atoms with Crippen LogP contribution in [0.2, 0.25) is 0 Å². The third-order valence-corrected chi connectivity index (χ3v) is 7.37. The molecule has 4 atom stereocenters. The maximum Gasteiger partial charge on any atom is 0.434 e. The lowest BCUT2D eigenvalue weighted by molar-refractivity contribution is -0.146. The summed E-state index contributed by atoms with van der Waals surface area (Å²) in [4.78, 5) is 5.42. The summed E-state index contributed by atoms with van der Waals surface area (Å²) < 4.78 is 43.5. The fourth-order valence-corrected chi connectivity index (χ4v) is 5.52. The molecule has 1 aromatic heterocycles. The lowest BCUT2D eigenvalue weighted by atomic mass is 9.70. The number of nitrogens with zero attached hydrogens (tertiary/aromatic N) is 2. The molecule has 2 saturated heterocycles. The number of pyridine rings is 1. The van der Waals surface area contributed by atoms with Crippen molar-refractivity contribution in [2.45, 2.75) is 63.4 Å². The van der Waals surface area contributed by atoms with Crippen molar-refractivity contribution in [1.82, 2.24) is 9.88 Å². The molecule has 0 bridgehead atoms. The number of nitrogens with two attached hydrogens (primary N) is 3. The summed E-state index contributed by atoms with van der Waals surface area (Å²) in [5, 5.41) is 10.9. The van der Waals surface area contributed by atoms with Crippen LogP contribution in [0.15, 0.2) is 36.3 Å². The Morgan fingerprint density at radius 2 is 1.81 bits per heavy atom. The molecule has 11 heteroatoms. The third-order valence-electron chi connectivity index (χ3n) is 7.37. The number of halogens is 3. The Bertz CT molecular complexity index is 951. The van der Waals surface area contributed by atoms with E-state index in [2.05, 4.69) is 23.7 Å². The van der Waals surface area contributed by atoms with Crippen molar-refractivity contribution in [2.24, 2.45) is 35.0 Å². The fourth-order valence-electron chi connectivity index (χ4n) is 5.52. The van der Waals surface area contributed by atoms with E-state index in [1.165, 1.54) is 43.5 Å². The van der Waals surface area contributed by atoms with E-state index >= 15 is 0 Å². The van der Waals surface area contributed by atoms with E-state index in [0.717, 1.165) is 44.0 Å². The van der Waals surface area contributed by atoms with Gasteiger partial charge in [0.15, 0.2) is 5.69 Å². The largest absolute Gasteiger partial charge is 0.434 e. The van der Waals surface area contributed by atoms with Crippen molar-refractivity contribution >= 4 is 13.5 Å². The number of hydrogen-bond donors (Lipinski definition) is 4. The summed E-state index contributed by atoms with van der Waals surface area (Å²) in [7, 11) is 6.35. The number of alkyl halides is 3. The molecule has 1 aliphatic carbocycles. The fraction of sp³-hybridized carbons (Fsp3) is 0.640. The number of likely N-dealkylation sites (tertiary alicyclic amines) is 1. The predicted octanol–water partition coefficient (Wildman–Crippen LogP) is 2.90. The number of aromatic nitrogens is 1. The quantitative estimate of drug-likeness (QED) is 0.365. The molecule has 2 aliphatic heterocycles. The first-order valence-corrected chi connectivity index (χ1v) is 12.3. The van der Waals surface area contributed by atoms with Gasteiger partial charge in [0.05, 0.1) is 17.0 Å². The zero-order valence-corrected chi connectivity index (χ0v) is 21.0. The lowest BCUT2D eigenvalue weighted by Gasteiger charge is -2.47. The topological polar surface area (TPSA) is 124 Å². The Hall–Kier alpha value is -2.24. The molecule has 0 spiro atoms. The highest BCUT2D eigenvalue weighted by Crippen LogP contribution is 2.43. The zero-order valence-electron chi connectivity index (χ0n) is 21.0. The van der Waals surface area contributed by atoms with Crippen LogP contribution in [0.5, 0.6) is 0 Å². The highest BCUT2D eigenvalue weighted by atomic mass is 19.4. The van der Waals surface area contributed by atoms with Crippen molar-refractivity contribution in [3.05, 3.63) is 47.6 Å². The molecule has 2 radical (unpaired) electrons. The van der Waals surface area contributed by atoms with Gasteiger partial charge in [-0.2, -0.15) is 13.2 Å². The Labute approximate surface area is 212 Å². The summed E-state index contributed by atoms with van der Waals surface area (Å²) in [5.74, 6) is 1.60. The van der Waals surface area contributed by atoms with Crippen molar-refractivity contribution in [3.8, 4) is 0 Å². The molecule has 1 saturated carbocycles. The van der Waals surface area contributed by atoms with Crippen LogP contribution in [0.3, 0.4) is 0 Å². The highest BCUT2D eigenvalue weighted by Gasteiger charge is 2.47. The number of fused-ring (bicyclic) bond motifs is 1. The van der Waals surface area contributed by atoms with Gasteiger partial charge in [0.2, 0.25) is 0 Å². The first kappa shape index (κ1) is 28.3. The van der Waals surface area contributed by atoms with E-state index in [1.807, 2.05) is 0 Å². The van der Waals surface area contributed by atoms with Crippen molar-refractivity contribution in [3.63, 3.8) is 0 Å². The number of rotatable bonds is 4. The number of aliphatic hydroxyl groups is 1. The average Bonchev–Trinajstić information content (AvgIpc) is 3.40. The second-order valence-electron chi connectivity index (χ2n) is 10.6. The molecular formula is C25H37BF3N5O2. The van der Waals surface area contributed by atoms with Crippen molar-refractivity contribution in [1.29, 1.82) is 0 Å². The number of ether oxygens (including phenoxy) is 1. The summed E-state index contributed by atoms with van der Waals surface area (Å²) in [6.07, 6.45) is 4.58. The molecule has 3 aliphatic rings. The van der Waals surface area contributed by atoms with E-state index in [-0.39, 0.29) is 28.6 Å². The highest BCUT2D eigenvalue weighted by molar-refractivity contribution is 6.14. The minimum atomic E-state index is -4.56. The maximum absolute atomic E-state index is 12.6. The molecule has 36 heavy (non-hydrogen) atoms. The van der Waals surface area contributed by atoms with Crippen LogP contribution in [-0.2, 0) is 10.9 Å². The smallest absolute Gasteiger partial charge is 0.398 e. The normalized spacial score (nSPS) is 27.9. The third kappa shape index (κ3) is 6.95. The summed E-state index contributed by atoms with van der Waals surface area (Å²) in [6, 6.07) is 2.59. The number of hydrogen-bond acceptors (Lipinski definition) is 7. The molecule has 198 valence electrons. The molecule has 3 fully saturated rings. The molecule has 1 aromatic rings. The molecule has 3 heterocycles. The molecule has 4 rings (SSSR count). The Morgan fingerprint density at radius 1 is 1.17 bits per heavy atom. The van der Waals surface area contributed by atoms with Gasteiger partial charge in [-0.25, -0.2) is 0 Å². The van der Waals surface area contributed by atoms with Crippen LogP contribution in [0.25, 0.3) is 5.70 Å². The monoisotopic (exact) mass is 507 g/mol. The van der Waals surface area contributed by atoms with Gasteiger partial charge in [0.1, 0.15) is 7.85 Å². The van der Waals surface area contributed by atoms with Crippen LogP contribution >= 0.6 is 0 Å². The van der Waals surface area contributed by atoms with Crippen LogP contribution in [0, 0.1) is 17.8 Å². The van der Waals surface area contributed by atoms with Crippen LogP contribution in [-0.4, -0.2) is 53.8 Å². The van der Waals surface area contributed by atoms with Gasteiger partial charge in [-0.15, -0.1) is 0 Å². The van der Waals surface area contributed by atoms with Gasteiger partial charge < -0.3 is 27.0 Å². The average molecular weight is 507 g/mol. The van der Waals surface area contributed by atoms with E-state index < -0.39 is 17.5 Å². The lowest BCUT2D eigenvalue weighted by Crippen LogP contribution is -2.57. The SMILES string of the molecule is NC(N)=C/C=C(\N)c1cccnc1C(F)(F)F.[B]C(O)(C1CCOC(C)(C)C1)N1CC2CCCC2C1. The van der Waals surface area contributed by atoms with Gasteiger partial charge in [0, 0.05) is 37.2 Å². The second-order valence-corrected chi connectivity index (χ2v) is 10.6. The Kier molecular flexibility index (Phi) is 8.68. The molecular weight excluding hydrogens is 470 g/mol. The Balaban J connectivity index is 0.000000202. The number of allylic oxidation sites excluding steroid dienone is 2. The zero-order chi connectivity index (χ0) is 26.7. The molecule has 0 amide bonds.